The van der Waals surface area contributed by atoms with E-state index in [1.165, 1.54) is 12.1 Å². The molecule has 0 radical (unpaired) electrons. The van der Waals surface area contributed by atoms with Crippen molar-refractivity contribution in [2.45, 2.75) is 12.5 Å². The van der Waals surface area contributed by atoms with Gasteiger partial charge in [-0.2, -0.15) is 0 Å². The minimum Gasteiger partial charge on any atom is -0.388 e. The van der Waals surface area contributed by atoms with Crippen LogP contribution in [0.25, 0.3) is 0 Å². The SMILES string of the molecule is OC(Cc1ccc(F)cc1Cl)c1ccncc1. The third kappa shape index (κ3) is 3.02. The number of benzene rings is 1. The summed E-state index contributed by atoms with van der Waals surface area (Å²) in [5.41, 5.74) is 1.48. The largest absolute Gasteiger partial charge is 0.388 e. The van der Waals surface area contributed by atoms with Crippen molar-refractivity contribution in [1.82, 2.24) is 4.98 Å². The quantitative estimate of drug-likeness (QED) is 0.909. The standard InChI is InChI=1S/C13H11ClFNO/c14-12-8-11(15)2-1-10(12)7-13(17)9-3-5-16-6-4-9/h1-6,8,13,17H,7H2. The lowest BCUT2D eigenvalue weighted by Crippen LogP contribution is -2.02. The van der Waals surface area contributed by atoms with Crippen LogP contribution in [0.2, 0.25) is 5.02 Å². The van der Waals surface area contributed by atoms with Crippen LogP contribution in [0.3, 0.4) is 0 Å². The smallest absolute Gasteiger partial charge is 0.124 e. The van der Waals surface area contributed by atoms with E-state index in [1.54, 1.807) is 30.6 Å². The summed E-state index contributed by atoms with van der Waals surface area (Å²) >= 11 is 5.90. The molecular weight excluding hydrogens is 241 g/mol. The first-order valence-electron chi connectivity index (χ1n) is 5.19. The lowest BCUT2D eigenvalue weighted by Gasteiger charge is -2.11. The maximum absolute atomic E-state index is 12.9. The third-order valence-corrected chi connectivity index (χ3v) is 2.87. The number of aliphatic hydroxyl groups excluding tert-OH is 1. The number of halogens is 2. The van der Waals surface area contributed by atoms with E-state index in [4.69, 9.17) is 11.6 Å². The molecule has 0 spiro atoms. The summed E-state index contributed by atoms with van der Waals surface area (Å²) in [6, 6.07) is 7.64. The van der Waals surface area contributed by atoms with E-state index in [0.717, 1.165) is 11.1 Å². The van der Waals surface area contributed by atoms with E-state index in [2.05, 4.69) is 4.98 Å². The Balaban J connectivity index is 2.16. The molecule has 1 heterocycles. The highest BCUT2D eigenvalue weighted by molar-refractivity contribution is 6.31. The molecule has 0 saturated carbocycles. The molecule has 1 atom stereocenters. The molecule has 0 aliphatic carbocycles. The third-order valence-electron chi connectivity index (χ3n) is 2.52. The van der Waals surface area contributed by atoms with Gasteiger partial charge in [0, 0.05) is 23.8 Å². The maximum Gasteiger partial charge on any atom is 0.124 e. The van der Waals surface area contributed by atoms with E-state index in [9.17, 15) is 9.50 Å². The highest BCUT2D eigenvalue weighted by atomic mass is 35.5. The first-order chi connectivity index (χ1) is 8.16. The fourth-order valence-corrected chi connectivity index (χ4v) is 1.84. The zero-order valence-corrected chi connectivity index (χ0v) is 9.73. The topological polar surface area (TPSA) is 33.1 Å². The van der Waals surface area contributed by atoms with Crippen LogP contribution in [0, 0.1) is 5.82 Å². The van der Waals surface area contributed by atoms with Crippen molar-refractivity contribution in [2.24, 2.45) is 0 Å². The van der Waals surface area contributed by atoms with Crippen molar-refractivity contribution in [3.63, 3.8) is 0 Å². The number of hydrogen-bond acceptors (Lipinski definition) is 2. The predicted octanol–water partition coefficient (Wildman–Crippen LogP) is 3.15. The lowest BCUT2D eigenvalue weighted by molar-refractivity contribution is 0.178. The number of aromatic nitrogens is 1. The number of aliphatic hydroxyl groups is 1. The van der Waals surface area contributed by atoms with Crippen molar-refractivity contribution in [2.75, 3.05) is 0 Å². The van der Waals surface area contributed by atoms with E-state index in [1.807, 2.05) is 0 Å². The number of rotatable bonds is 3. The molecule has 2 nitrogen and oxygen atoms in total. The van der Waals surface area contributed by atoms with E-state index in [0.29, 0.717) is 11.4 Å². The minimum absolute atomic E-state index is 0.332. The fourth-order valence-electron chi connectivity index (χ4n) is 1.60. The zero-order valence-electron chi connectivity index (χ0n) is 8.98. The molecule has 0 saturated heterocycles. The van der Waals surface area contributed by atoms with Gasteiger partial charge in [0.1, 0.15) is 5.82 Å². The molecule has 4 heteroatoms. The molecule has 1 aromatic heterocycles. The van der Waals surface area contributed by atoms with Crippen molar-refractivity contribution in [1.29, 1.82) is 0 Å². The lowest BCUT2D eigenvalue weighted by atomic mass is 10.0. The zero-order chi connectivity index (χ0) is 12.3. The summed E-state index contributed by atoms with van der Waals surface area (Å²) < 4.78 is 12.9. The van der Waals surface area contributed by atoms with Gasteiger partial charge in [-0.05, 0) is 35.4 Å². The van der Waals surface area contributed by atoms with E-state index in [-0.39, 0.29) is 5.82 Å². The number of nitrogens with zero attached hydrogens (tertiary/aromatic N) is 1. The van der Waals surface area contributed by atoms with Crippen LogP contribution in [-0.4, -0.2) is 10.1 Å². The summed E-state index contributed by atoms with van der Waals surface area (Å²) in [6.45, 7) is 0. The van der Waals surface area contributed by atoms with E-state index >= 15 is 0 Å². The maximum atomic E-state index is 12.9. The Kier molecular flexibility index (Phi) is 3.71. The average molecular weight is 252 g/mol. The first kappa shape index (κ1) is 12.0. The van der Waals surface area contributed by atoms with E-state index < -0.39 is 6.10 Å². The van der Waals surface area contributed by atoms with Crippen LogP contribution >= 0.6 is 11.6 Å². The molecule has 1 unspecified atom stereocenters. The van der Waals surface area contributed by atoms with Gasteiger partial charge in [-0.1, -0.05) is 17.7 Å². The molecule has 0 bridgehead atoms. The minimum atomic E-state index is -0.666. The van der Waals surface area contributed by atoms with Crippen LogP contribution < -0.4 is 0 Å². The molecule has 2 aromatic rings. The van der Waals surface area contributed by atoms with Gasteiger partial charge < -0.3 is 5.11 Å². The van der Waals surface area contributed by atoms with Crippen molar-refractivity contribution >= 4 is 11.6 Å². The molecule has 0 aliphatic rings. The van der Waals surface area contributed by atoms with Gasteiger partial charge in [0.15, 0.2) is 0 Å². The van der Waals surface area contributed by atoms with Crippen molar-refractivity contribution < 1.29 is 9.50 Å². The number of pyridine rings is 1. The van der Waals surface area contributed by atoms with Gasteiger partial charge in [-0.25, -0.2) is 4.39 Å². The predicted molar refractivity (Wildman–Crippen MR) is 64.3 cm³/mol. The first-order valence-corrected chi connectivity index (χ1v) is 5.56. The van der Waals surface area contributed by atoms with Gasteiger partial charge in [0.2, 0.25) is 0 Å². The van der Waals surface area contributed by atoms with Crippen molar-refractivity contribution in [3.05, 3.63) is 64.7 Å². The second-order valence-electron chi connectivity index (χ2n) is 3.74. The van der Waals surface area contributed by atoms with Gasteiger partial charge in [-0.3, -0.25) is 4.98 Å². The molecule has 0 fully saturated rings. The summed E-state index contributed by atoms with van der Waals surface area (Å²) in [5, 5.41) is 10.3. The molecule has 0 amide bonds. The van der Waals surface area contributed by atoms with Crippen LogP contribution in [0.15, 0.2) is 42.7 Å². The van der Waals surface area contributed by atoms with Gasteiger partial charge >= 0.3 is 0 Å². The Hall–Kier alpha value is -1.45. The Morgan fingerprint density at radius 2 is 1.94 bits per heavy atom. The Morgan fingerprint density at radius 1 is 1.24 bits per heavy atom. The molecule has 0 aliphatic heterocycles. The molecule has 1 N–H and O–H groups in total. The van der Waals surface area contributed by atoms with Crippen LogP contribution in [0.4, 0.5) is 4.39 Å². The van der Waals surface area contributed by atoms with Crippen LogP contribution in [-0.2, 0) is 6.42 Å². The highest BCUT2D eigenvalue weighted by Gasteiger charge is 2.11. The normalized spacial score (nSPS) is 12.4. The Morgan fingerprint density at radius 3 is 2.59 bits per heavy atom. The number of hydrogen-bond donors (Lipinski definition) is 1. The monoisotopic (exact) mass is 251 g/mol. The molecule has 1 aromatic carbocycles. The van der Waals surface area contributed by atoms with Crippen molar-refractivity contribution in [3.8, 4) is 0 Å². The fraction of sp³-hybridized carbons (Fsp3) is 0.154. The second-order valence-corrected chi connectivity index (χ2v) is 4.14. The Bertz CT molecular complexity index is 504. The second kappa shape index (κ2) is 5.25. The summed E-state index contributed by atoms with van der Waals surface area (Å²) in [4.78, 5) is 3.88. The molecule has 88 valence electrons. The summed E-state index contributed by atoms with van der Waals surface area (Å²) in [5.74, 6) is -0.378. The average Bonchev–Trinajstić information content (AvgIpc) is 2.34. The van der Waals surface area contributed by atoms with Gasteiger partial charge in [0.25, 0.3) is 0 Å². The van der Waals surface area contributed by atoms with Crippen LogP contribution in [0.5, 0.6) is 0 Å². The van der Waals surface area contributed by atoms with Gasteiger partial charge in [-0.15, -0.1) is 0 Å². The van der Waals surface area contributed by atoms with Crippen LogP contribution in [0.1, 0.15) is 17.2 Å². The molecule has 17 heavy (non-hydrogen) atoms. The van der Waals surface area contributed by atoms with Gasteiger partial charge in [0.05, 0.1) is 6.10 Å². The summed E-state index contributed by atoms with van der Waals surface area (Å²) in [6.07, 6.45) is 2.92. The molecule has 2 rings (SSSR count). The summed E-state index contributed by atoms with van der Waals surface area (Å²) in [7, 11) is 0. The highest BCUT2D eigenvalue weighted by Crippen LogP contribution is 2.23. The molecular formula is C13H11ClFNO. The Labute approximate surface area is 104 Å².